The number of halogens is 2. The standard InChI is InChI=1S/C19H22Cl2N4O/c1-12-23-17(19(26)25-15-4-2-3-5-15)11-18(24-12)22-9-8-13-6-7-14(20)10-16(13)21/h6-7,10-11,15H,2-5,8-9H2,1H3,(H,25,26)(H,22,23,24). The van der Waals surface area contributed by atoms with E-state index in [1.54, 1.807) is 19.1 Å². The first-order valence-corrected chi connectivity index (χ1v) is 9.61. The van der Waals surface area contributed by atoms with Gasteiger partial charge in [-0.1, -0.05) is 42.1 Å². The van der Waals surface area contributed by atoms with Gasteiger partial charge in [0, 0.05) is 28.7 Å². The normalized spacial score (nSPS) is 14.4. The number of nitrogens with zero attached hydrogens (tertiary/aromatic N) is 2. The molecule has 26 heavy (non-hydrogen) atoms. The van der Waals surface area contributed by atoms with Crippen molar-refractivity contribution >= 4 is 34.9 Å². The van der Waals surface area contributed by atoms with Crippen LogP contribution in [0.15, 0.2) is 24.3 Å². The van der Waals surface area contributed by atoms with Crippen LogP contribution < -0.4 is 10.6 Å². The molecule has 1 aromatic carbocycles. The molecule has 1 aliphatic carbocycles. The van der Waals surface area contributed by atoms with Crippen molar-refractivity contribution in [2.75, 3.05) is 11.9 Å². The van der Waals surface area contributed by atoms with E-state index in [9.17, 15) is 4.79 Å². The van der Waals surface area contributed by atoms with Crippen molar-refractivity contribution in [3.63, 3.8) is 0 Å². The van der Waals surface area contributed by atoms with Gasteiger partial charge in [-0.15, -0.1) is 0 Å². The van der Waals surface area contributed by atoms with Crippen molar-refractivity contribution in [2.45, 2.75) is 45.1 Å². The molecular weight excluding hydrogens is 371 g/mol. The molecule has 0 unspecified atom stereocenters. The highest BCUT2D eigenvalue weighted by Crippen LogP contribution is 2.21. The van der Waals surface area contributed by atoms with E-state index in [1.807, 2.05) is 12.1 Å². The van der Waals surface area contributed by atoms with Gasteiger partial charge in [0.05, 0.1) is 0 Å². The van der Waals surface area contributed by atoms with E-state index in [0.29, 0.717) is 33.9 Å². The maximum Gasteiger partial charge on any atom is 0.270 e. The molecule has 3 rings (SSSR count). The Morgan fingerprint density at radius 1 is 1.19 bits per heavy atom. The minimum atomic E-state index is -0.133. The van der Waals surface area contributed by atoms with Gasteiger partial charge in [0.2, 0.25) is 0 Å². The molecule has 0 atom stereocenters. The summed E-state index contributed by atoms with van der Waals surface area (Å²) in [6, 6.07) is 7.43. The molecule has 5 nitrogen and oxygen atoms in total. The molecule has 0 bridgehead atoms. The number of nitrogens with one attached hydrogen (secondary N) is 2. The smallest absolute Gasteiger partial charge is 0.270 e. The molecule has 138 valence electrons. The zero-order valence-corrected chi connectivity index (χ0v) is 16.2. The van der Waals surface area contributed by atoms with Crippen molar-refractivity contribution in [2.24, 2.45) is 0 Å². The fraction of sp³-hybridized carbons (Fsp3) is 0.421. The van der Waals surface area contributed by atoms with Gasteiger partial charge in [0.15, 0.2) is 0 Å². The van der Waals surface area contributed by atoms with E-state index in [0.717, 1.165) is 24.8 Å². The third-order valence-electron chi connectivity index (χ3n) is 4.48. The first-order chi connectivity index (χ1) is 12.5. The molecule has 0 spiro atoms. The summed E-state index contributed by atoms with van der Waals surface area (Å²) in [5.41, 5.74) is 1.41. The zero-order valence-electron chi connectivity index (χ0n) is 14.7. The summed E-state index contributed by atoms with van der Waals surface area (Å²) in [7, 11) is 0. The third kappa shape index (κ3) is 5.08. The van der Waals surface area contributed by atoms with Gasteiger partial charge >= 0.3 is 0 Å². The average Bonchev–Trinajstić information content (AvgIpc) is 3.09. The fourth-order valence-corrected chi connectivity index (χ4v) is 3.66. The lowest BCUT2D eigenvalue weighted by atomic mass is 10.1. The largest absolute Gasteiger partial charge is 0.370 e. The van der Waals surface area contributed by atoms with E-state index >= 15 is 0 Å². The summed E-state index contributed by atoms with van der Waals surface area (Å²) in [4.78, 5) is 21.0. The Labute approximate surface area is 163 Å². The van der Waals surface area contributed by atoms with Crippen LogP contribution in [0.4, 0.5) is 5.82 Å². The number of rotatable bonds is 6. The van der Waals surface area contributed by atoms with E-state index in [2.05, 4.69) is 20.6 Å². The molecule has 1 aromatic heterocycles. The molecule has 0 saturated heterocycles. The van der Waals surface area contributed by atoms with Gasteiger partial charge in [0.1, 0.15) is 17.3 Å². The number of anilines is 1. The second kappa shape index (κ2) is 8.69. The van der Waals surface area contributed by atoms with Crippen LogP contribution in [0, 0.1) is 6.92 Å². The molecular formula is C19H22Cl2N4O. The fourth-order valence-electron chi connectivity index (χ4n) is 3.15. The molecule has 0 aliphatic heterocycles. The number of aryl methyl sites for hydroxylation is 1. The Morgan fingerprint density at radius 3 is 2.69 bits per heavy atom. The van der Waals surface area contributed by atoms with E-state index in [4.69, 9.17) is 23.2 Å². The second-order valence-corrected chi connectivity index (χ2v) is 7.40. The molecule has 0 radical (unpaired) electrons. The monoisotopic (exact) mass is 392 g/mol. The van der Waals surface area contributed by atoms with Gasteiger partial charge in [-0.3, -0.25) is 4.79 Å². The molecule has 1 heterocycles. The van der Waals surface area contributed by atoms with Gasteiger partial charge < -0.3 is 10.6 Å². The van der Waals surface area contributed by atoms with Crippen LogP contribution >= 0.6 is 23.2 Å². The number of amides is 1. The van der Waals surface area contributed by atoms with Crippen molar-refractivity contribution in [1.29, 1.82) is 0 Å². The number of hydrogen-bond donors (Lipinski definition) is 2. The van der Waals surface area contributed by atoms with Crippen LogP contribution in [0.5, 0.6) is 0 Å². The van der Waals surface area contributed by atoms with E-state index < -0.39 is 0 Å². The van der Waals surface area contributed by atoms with Crippen molar-refractivity contribution in [3.8, 4) is 0 Å². The third-order valence-corrected chi connectivity index (χ3v) is 5.06. The summed E-state index contributed by atoms with van der Waals surface area (Å²) >= 11 is 12.1. The van der Waals surface area contributed by atoms with Crippen LogP contribution in [0.3, 0.4) is 0 Å². The topological polar surface area (TPSA) is 66.9 Å². The van der Waals surface area contributed by atoms with Crippen LogP contribution in [0.2, 0.25) is 10.0 Å². The van der Waals surface area contributed by atoms with Gasteiger partial charge in [0.25, 0.3) is 5.91 Å². The molecule has 1 fully saturated rings. The lowest BCUT2D eigenvalue weighted by Crippen LogP contribution is -2.33. The SMILES string of the molecule is Cc1nc(NCCc2ccc(Cl)cc2Cl)cc(C(=O)NC2CCCC2)n1. The molecule has 2 aromatic rings. The van der Waals surface area contributed by atoms with Crippen molar-refractivity contribution in [1.82, 2.24) is 15.3 Å². The van der Waals surface area contributed by atoms with Crippen molar-refractivity contribution in [3.05, 3.63) is 51.4 Å². The minimum absolute atomic E-state index is 0.133. The second-order valence-electron chi connectivity index (χ2n) is 6.55. The predicted octanol–water partition coefficient (Wildman–Crippen LogP) is 4.42. The molecule has 1 amide bonds. The predicted molar refractivity (Wildman–Crippen MR) is 105 cm³/mol. The maximum absolute atomic E-state index is 12.4. The number of hydrogen-bond acceptors (Lipinski definition) is 4. The molecule has 2 N–H and O–H groups in total. The summed E-state index contributed by atoms with van der Waals surface area (Å²) in [5.74, 6) is 1.07. The van der Waals surface area contributed by atoms with Gasteiger partial charge in [-0.05, 0) is 43.9 Å². The van der Waals surface area contributed by atoms with Crippen molar-refractivity contribution < 1.29 is 4.79 Å². The number of aromatic nitrogens is 2. The lowest BCUT2D eigenvalue weighted by Gasteiger charge is -2.13. The quantitative estimate of drug-likeness (QED) is 0.763. The van der Waals surface area contributed by atoms with Crippen LogP contribution in [0.25, 0.3) is 0 Å². The van der Waals surface area contributed by atoms with Crippen LogP contribution in [0.1, 0.15) is 47.6 Å². The highest BCUT2D eigenvalue weighted by molar-refractivity contribution is 6.35. The molecule has 1 saturated carbocycles. The number of carbonyl (C=O) groups excluding carboxylic acids is 1. The van der Waals surface area contributed by atoms with Gasteiger partial charge in [-0.2, -0.15) is 0 Å². The summed E-state index contributed by atoms with van der Waals surface area (Å²) in [6.45, 7) is 2.43. The highest BCUT2D eigenvalue weighted by atomic mass is 35.5. The van der Waals surface area contributed by atoms with E-state index in [-0.39, 0.29) is 11.9 Å². The molecule has 1 aliphatic rings. The maximum atomic E-state index is 12.4. The first-order valence-electron chi connectivity index (χ1n) is 8.85. The Hall–Kier alpha value is -1.85. The summed E-state index contributed by atoms with van der Waals surface area (Å²) < 4.78 is 0. The Balaban J connectivity index is 1.60. The summed E-state index contributed by atoms with van der Waals surface area (Å²) in [6.07, 6.45) is 5.16. The Kier molecular flexibility index (Phi) is 6.33. The first kappa shape index (κ1) is 18.9. The average molecular weight is 393 g/mol. The Bertz CT molecular complexity index is 791. The zero-order chi connectivity index (χ0) is 18.5. The summed E-state index contributed by atoms with van der Waals surface area (Å²) in [5, 5.41) is 7.57. The van der Waals surface area contributed by atoms with Crippen LogP contribution in [-0.2, 0) is 6.42 Å². The minimum Gasteiger partial charge on any atom is -0.370 e. The van der Waals surface area contributed by atoms with Crippen LogP contribution in [-0.4, -0.2) is 28.5 Å². The number of benzene rings is 1. The molecule has 7 heteroatoms. The Morgan fingerprint density at radius 2 is 1.96 bits per heavy atom. The highest BCUT2D eigenvalue weighted by Gasteiger charge is 2.19. The van der Waals surface area contributed by atoms with E-state index in [1.165, 1.54) is 12.8 Å². The lowest BCUT2D eigenvalue weighted by molar-refractivity contribution is 0.0932. The van der Waals surface area contributed by atoms with Gasteiger partial charge in [-0.25, -0.2) is 9.97 Å². The number of carbonyl (C=O) groups is 1.